The fraction of sp³-hybridized carbons (Fsp3) is 0.316. The molecule has 122 valence electrons. The molecule has 2 rings (SSSR count). The topological polar surface area (TPSA) is 50.4 Å². The number of aryl methyl sites for hydroxylation is 1. The number of carbonyl (C=O) groups is 1. The van der Waals surface area contributed by atoms with Crippen molar-refractivity contribution in [3.63, 3.8) is 0 Å². The maximum absolute atomic E-state index is 12.2. The maximum atomic E-state index is 12.2. The normalized spacial score (nSPS) is 11.6. The first-order valence-corrected chi connectivity index (χ1v) is 8.01. The summed E-state index contributed by atoms with van der Waals surface area (Å²) in [4.78, 5) is 12.2. The van der Waals surface area contributed by atoms with Gasteiger partial charge in [0.25, 0.3) is 0 Å². The molecular formula is C19H24N2O2. The summed E-state index contributed by atoms with van der Waals surface area (Å²) < 4.78 is 5.40. The van der Waals surface area contributed by atoms with Crippen LogP contribution in [0.3, 0.4) is 0 Å². The minimum Gasteiger partial charge on any atom is -0.494 e. The van der Waals surface area contributed by atoms with E-state index >= 15 is 0 Å². The standard InChI is InChI=1S/C19H24N2O2/c1-4-15-6-8-17(9-7-15)21-19(22)14(3)20-16-10-12-18(13-11-16)23-5-2/h6-14,20H,4-5H2,1-3H3,(H,21,22)/t14-/m1/s1. The van der Waals surface area contributed by atoms with Crippen LogP contribution in [0.25, 0.3) is 0 Å². The van der Waals surface area contributed by atoms with Gasteiger partial charge in [-0.1, -0.05) is 19.1 Å². The molecule has 2 aromatic rings. The smallest absolute Gasteiger partial charge is 0.246 e. The highest BCUT2D eigenvalue weighted by Gasteiger charge is 2.12. The van der Waals surface area contributed by atoms with Gasteiger partial charge in [-0.05, 0) is 62.2 Å². The average Bonchev–Trinajstić information content (AvgIpc) is 2.57. The van der Waals surface area contributed by atoms with E-state index in [-0.39, 0.29) is 11.9 Å². The SMILES string of the molecule is CCOc1ccc(N[C@H](C)C(=O)Nc2ccc(CC)cc2)cc1. The Balaban J connectivity index is 1.90. The molecule has 4 heteroatoms. The zero-order valence-corrected chi connectivity index (χ0v) is 13.9. The second-order valence-electron chi connectivity index (χ2n) is 5.36. The predicted molar refractivity (Wildman–Crippen MR) is 95.1 cm³/mol. The third-order valence-corrected chi connectivity index (χ3v) is 3.57. The molecule has 0 saturated carbocycles. The predicted octanol–water partition coefficient (Wildman–Crippen LogP) is 4.09. The van der Waals surface area contributed by atoms with Crippen LogP contribution in [0.5, 0.6) is 5.75 Å². The molecule has 0 fully saturated rings. The van der Waals surface area contributed by atoms with Crippen molar-refractivity contribution in [3.8, 4) is 5.75 Å². The molecule has 0 radical (unpaired) electrons. The van der Waals surface area contributed by atoms with Crippen molar-refractivity contribution in [2.24, 2.45) is 0 Å². The van der Waals surface area contributed by atoms with Crippen LogP contribution in [0.15, 0.2) is 48.5 Å². The van der Waals surface area contributed by atoms with E-state index in [1.807, 2.05) is 62.4 Å². The molecular weight excluding hydrogens is 288 g/mol. The molecule has 0 aromatic heterocycles. The first-order chi connectivity index (χ1) is 11.1. The van der Waals surface area contributed by atoms with Crippen molar-refractivity contribution >= 4 is 17.3 Å². The number of benzene rings is 2. The van der Waals surface area contributed by atoms with E-state index in [9.17, 15) is 4.79 Å². The summed E-state index contributed by atoms with van der Waals surface area (Å²) in [7, 11) is 0. The summed E-state index contributed by atoms with van der Waals surface area (Å²) in [5, 5.41) is 6.10. The van der Waals surface area contributed by atoms with Crippen molar-refractivity contribution < 1.29 is 9.53 Å². The van der Waals surface area contributed by atoms with Crippen LogP contribution < -0.4 is 15.4 Å². The molecule has 0 aliphatic rings. The van der Waals surface area contributed by atoms with E-state index in [0.717, 1.165) is 23.5 Å². The number of rotatable bonds is 7. The third kappa shape index (κ3) is 5.02. The van der Waals surface area contributed by atoms with Gasteiger partial charge in [0.2, 0.25) is 5.91 Å². The van der Waals surface area contributed by atoms with E-state index < -0.39 is 0 Å². The Morgan fingerprint density at radius 2 is 1.61 bits per heavy atom. The van der Waals surface area contributed by atoms with Crippen molar-refractivity contribution in [1.82, 2.24) is 0 Å². The average molecular weight is 312 g/mol. The molecule has 2 N–H and O–H groups in total. The molecule has 0 aliphatic heterocycles. The number of nitrogens with one attached hydrogen (secondary N) is 2. The van der Waals surface area contributed by atoms with Gasteiger partial charge in [0.1, 0.15) is 11.8 Å². The quantitative estimate of drug-likeness (QED) is 0.809. The first kappa shape index (κ1) is 16.9. The second-order valence-corrected chi connectivity index (χ2v) is 5.36. The fourth-order valence-electron chi connectivity index (χ4n) is 2.20. The maximum Gasteiger partial charge on any atom is 0.246 e. The van der Waals surface area contributed by atoms with Gasteiger partial charge in [-0.15, -0.1) is 0 Å². The summed E-state index contributed by atoms with van der Waals surface area (Å²) in [6.07, 6.45) is 0.990. The number of amides is 1. The van der Waals surface area contributed by atoms with Gasteiger partial charge in [-0.3, -0.25) is 4.79 Å². The summed E-state index contributed by atoms with van der Waals surface area (Å²) in [6.45, 7) is 6.54. The summed E-state index contributed by atoms with van der Waals surface area (Å²) >= 11 is 0. The fourth-order valence-corrected chi connectivity index (χ4v) is 2.20. The Bertz CT molecular complexity index is 621. The van der Waals surface area contributed by atoms with Crippen LogP contribution in [-0.2, 0) is 11.2 Å². The van der Waals surface area contributed by atoms with Crippen molar-refractivity contribution in [3.05, 3.63) is 54.1 Å². The van der Waals surface area contributed by atoms with Crippen molar-refractivity contribution in [2.45, 2.75) is 33.2 Å². The highest BCUT2D eigenvalue weighted by atomic mass is 16.5. The van der Waals surface area contributed by atoms with Crippen LogP contribution in [0.1, 0.15) is 26.3 Å². The lowest BCUT2D eigenvalue weighted by molar-refractivity contribution is -0.116. The number of carbonyl (C=O) groups excluding carboxylic acids is 1. The number of anilines is 2. The Morgan fingerprint density at radius 3 is 2.17 bits per heavy atom. The lowest BCUT2D eigenvalue weighted by Crippen LogP contribution is -2.31. The summed E-state index contributed by atoms with van der Waals surface area (Å²) in [5.74, 6) is 0.759. The van der Waals surface area contributed by atoms with Gasteiger partial charge < -0.3 is 15.4 Å². The van der Waals surface area contributed by atoms with Gasteiger partial charge in [0.05, 0.1) is 6.61 Å². The second kappa shape index (κ2) is 8.22. The molecule has 0 unspecified atom stereocenters. The number of hydrogen-bond acceptors (Lipinski definition) is 3. The van der Waals surface area contributed by atoms with Gasteiger partial charge in [-0.2, -0.15) is 0 Å². The summed E-state index contributed by atoms with van der Waals surface area (Å²) in [6, 6.07) is 15.2. The zero-order chi connectivity index (χ0) is 16.7. The molecule has 0 spiro atoms. The minimum atomic E-state index is -0.334. The molecule has 2 aromatic carbocycles. The first-order valence-electron chi connectivity index (χ1n) is 8.01. The van der Waals surface area contributed by atoms with Crippen LogP contribution in [0.2, 0.25) is 0 Å². The molecule has 0 bridgehead atoms. The van der Waals surface area contributed by atoms with E-state index in [0.29, 0.717) is 6.61 Å². The molecule has 23 heavy (non-hydrogen) atoms. The zero-order valence-electron chi connectivity index (χ0n) is 13.9. The third-order valence-electron chi connectivity index (χ3n) is 3.57. The van der Waals surface area contributed by atoms with Gasteiger partial charge in [0, 0.05) is 11.4 Å². The monoisotopic (exact) mass is 312 g/mol. The van der Waals surface area contributed by atoms with Crippen LogP contribution in [-0.4, -0.2) is 18.6 Å². The van der Waals surface area contributed by atoms with Crippen molar-refractivity contribution in [2.75, 3.05) is 17.2 Å². The van der Waals surface area contributed by atoms with Crippen LogP contribution in [0.4, 0.5) is 11.4 Å². The summed E-state index contributed by atoms with van der Waals surface area (Å²) in [5.41, 5.74) is 2.95. The molecule has 1 amide bonds. The Kier molecular flexibility index (Phi) is 6.03. The molecule has 1 atom stereocenters. The van der Waals surface area contributed by atoms with Gasteiger partial charge in [-0.25, -0.2) is 0 Å². The Morgan fingerprint density at radius 1 is 1.00 bits per heavy atom. The molecule has 0 aliphatic carbocycles. The lowest BCUT2D eigenvalue weighted by atomic mass is 10.1. The Labute approximate surface area is 137 Å². The molecule has 4 nitrogen and oxygen atoms in total. The minimum absolute atomic E-state index is 0.0665. The van der Waals surface area contributed by atoms with Gasteiger partial charge >= 0.3 is 0 Å². The van der Waals surface area contributed by atoms with E-state index in [4.69, 9.17) is 4.74 Å². The molecule has 0 heterocycles. The number of ether oxygens (including phenoxy) is 1. The lowest BCUT2D eigenvalue weighted by Gasteiger charge is -2.16. The van der Waals surface area contributed by atoms with Gasteiger partial charge in [0.15, 0.2) is 0 Å². The largest absolute Gasteiger partial charge is 0.494 e. The van der Waals surface area contributed by atoms with E-state index in [1.54, 1.807) is 0 Å². The van der Waals surface area contributed by atoms with E-state index in [2.05, 4.69) is 17.6 Å². The van der Waals surface area contributed by atoms with Crippen LogP contribution >= 0.6 is 0 Å². The highest BCUT2D eigenvalue weighted by molar-refractivity contribution is 5.96. The number of hydrogen-bond donors (Lipinski definition) is 2. The highest BCUT2D eigenvalue weighted by Crippen LogP contribution is 2.17. The van der Waals surface area contributed by atoms with E-state index in [1.165, 1.54) is 5.56 Å². The molecule has 0 saturated heterocycles. The van der Waals surface area contributed by atoms with Crippen molar-refractivity contribution in [1.29, 1.82) is 0 Å². The Hall–Kier alpha value is -2.49. The van der Waals surface area contributed by atoms with Crippen LogP contribution in [0, 0.1) is 0 Å².